The van der Waals surface area contributed by atoms with Crippen LogP contribution in [0.2, 0.25) is 5.02 Å². The molecule has 1 aromatic rings. The van der Waals surface area contributed by atoms with Crippen molar-refractivity contribution in [2.24, 2.45) is 5.41 Å². The van der Waals surface area contributed by atoms with Crippen LogP contribution in [0.5, 0.6) is 0 Å². The molecule has 1 saturated carbocycles. The van der Waals surface area contributed by atoms with Crippen molar-refractivity contribution in [1.29, 1.82) is 0 Å². The third-order valence-electron chi connectivity index (χ3n) is 3.29. The first-order valence-corrected chi connectivity index (χ1v) is 5.88. The minimum atomic E-state index is -1.03. The van der Waals surface area contributed by atoms with Crippen LogP contribution in [0.4, 0.5) is 10.5 Å². The summed E-state index contributed by atoms with van der Waals surface area (Å²) in [4.78, 5) is 36.6. The molecule has 1 heterocycles. The molecular formula is C12H9ClN2O3. The third-order valence-corrected chi connectivity index (χ3v) is 3.52. The van der Waals surface area contributed by atoms with Gasteiger partial charge in [0.15, 0.2) is 0 Å². The Morgan fingerprint density at radius 3 is 2.56 bits per heavy atom. The number of barbiturate groups is 1. The fourth-order valence-electron chi connectivity index (χ4n) is 2.09. The molecule has 0 atom stereocenters. The van der Waals surface area contributed by atoms with Crippen molar-refractivity contribution in [2.45, 2.75) is 12.8 Å². The van der Waals surface area contributed by atoms with E-state index in [4.69, 9.17) is 11.6 Å². The number of halogens is 1. The molecule has 2 fully saturated rings. The van der Waals surface area contributed by atoms with Crippen molar-refractivity contribution >= 4 is 35.1 Å². The molecule has 3 rings (SSSR count). The second-order valence-corrected chi connectivity index (χ2v) is 4.90. The number of amides is 4. The Kier molecular flexibility index (Phi) is 2.22. The Balaban J connectivity index is 2.03. The summed E-state index contributed by atoms with van der Waals surface area (Å²) in [5.41, 5.74) is -0.653. The van der Waals surface area contributed by atoms with E-state index in [0.29, 0.717) is 23.6 Å². The van der Waals surface area contributed by atoms with E-state index in [1.54, 1.807) is 18.2 Å². The van der Waals surface area contributed by atoms with E-state index in [9.17, 15) is 14.4 Å². The number of carbonyl (C=O) groups excluding carboxylic acids is 3. The van der Waals surface area contributed by atoms with Gasteiger partial charge in [0.25, 0.3) is 5.91 Å². The minimum absolute atomic E-state index is 0.378. The molecule has 0 aromatic heterocycles. The van der Waals surface area contributed by atoms with Crippen molar-refractivity contribution in [3.05, 3.63) is 29.3 Å². The maximum absolute atomic E-state index is 12.2. The van der Waals surface area contributed by atoms with Crippen LogP contribution in [-0.2, 0) is 9.59 Å². The van der Waals surface area contributed by atoms with Crippen molar-refractivity contribution in [3.8, 4) is 0 Å². The highest BCUT2D eigenvalue weighted by Gasteiger charge is 2.62. The second-order valence-electron chi connectivity index (χ2n) is 4.46. The Bertz CT molecular complexity index is 580. The maximum atomic E-state index is 12.2. The molecule has 0 radical (unpaired) electrons. The zero-order chi connectivity index (χ0) is 12.9. The number of carbonyl (C=O) groups is 3. The minimum Gasteiger partial charge on any atom is -0.276 e. The fourth-order valence-corrected chi connectivity index (χ4v) is 2.28. The smallest absolute Gasteiger partial charge is 0.276 e. The molecule has 4 amide bonds. The lowest BCUT2D eigenvalue weighted by molar-refractivity contribution is -0.136. The standard InChI is InChI=1S/C12H9ClN2O3/c13-7-2-1-3-8(6-7)15-10(17)12(4-5-12)9(16)14-11(15)18/h1-3,6H,4-5H2,(H,14,16,18). The van der Waals surface area contributed by atoms with Gasteiger partial charge in [-0.3, -0.25) is 14.9 Å². The molecule has 1 aromatic carbocycles. The average molecular weight is 265 g/mol. The van der Waals surface area contributed by atoms with E-state index in [1.165, 1.54) is 6.07 Å². The molecule has 1 N–H and O–H groups in total. The summed E-state index contributed by atoms with van der Waals surface area (Å²) in [6, 6.07) is 5.70. The number of hydrogen-bond donors (Lipinski definition) is 1. The summed E-state index contributed by atoms with van der Waals surface area (Å²) in [5, 5.41) is 2.64. The molecule has 2 aliphatic rings. The van der Waals surface area contributed by atoms with Gasteiger partial charge in [-0.25, -0.2) is 9.69 Å². The molecule has 0 bridgehead atoms. The van der Waals surface area contributed by atoms with Crippen LogP contribution in [0.25, 0.3) is 0 Å². The van der Waals surface area contributed by atoms with Gasteiger partial charge in [0, 0.05) is 5.02 Å². The largest absolute Gasteiger partial charge is 0.335 e. The van der Waals surface area contributed by atoms with Crippen molar-refractivity contribution in [1.82, 2.24) is 5.32 Å². The first kappa shape index (κ1) is 11.2. The van der Waals surface area contributed by atoms with Crippen LogP contribution in [0.15, 0.2) is 24.3 Å². The summed E-state index contributed by atoms with van der Waals surface area (Å²) in [6.07, 6.45) is 0.976. The molecule has 5 nitrogen and oxygen atoms in total. The van der Waals surface area contributed by atoms with Gasteiger partial charge in [-0.15, -0.1) is 0 Å². The third kappa shape index (κ3) is 1.44. The maximum Gasteiger partial charge on any atom is 0.335 e. The SMILES string of the molecule is O=C1NC(=O)C2(CC2)C(=O)N1c1cccc(Cl)c1. The Hall–Kier alpha value is -1.88. The highest BCUT2D eigenvalue weighted by atomic mass is 35.5. The monoisotopic (exact) mass is 264 g/mol. The van der Waals surface area contributed by atoms with Crippen LogP contribution in [-0.4, -0.2) is 17.8 Å². The number of benzene rings is 1. The Labute approximate surface area is 108 Å². The van der Waals surface area contributed by atoms with Gasteiger partial charge in [-0.05, 0) is 31.0 Å². The molecule has 18 heavy (non-hydrogen) atoms. The first-order chi connectivity index (χ1) is 8.54. The quantitative estimate of drug-likeness (QED) is 0.785. The molecule has 0 unspecified atom stereocenters. The predicted octanol–water partition coefficient (Wildman–Crippen LogP) is 1.70. The van der Waals surface area contributed by atoms with E-state index in [-0.39, 0.29) is 0 Å². The number of nitrogens with one attached hydrogen (secondary N) is 1. The van der Waals surface area contributed by atoms with Gasteiger partial charge >= 0.3 is 6.03 Å². The van der Waals surface area contributed by atoms with Crippen molar-refractivity contribution in [3.63, 3.8) is 0 Å². The van der Waals surface area contributed by atoms with Crippen LogP contribution in [0.3, 0.4) is 0 Å². The molecule has 1 spiro atoms. The van der Waals surface area contributed by atoms with Gasteiger partial charge in [-0.1, -0.05) is 17.7 Å². The highest BCUT2D eigenvalue weighted by Crippen LogP contribution is 2.49. The zero-order valence-corrected chi connectivity index (χ0v) is 10.0. The zero-order valence-electron chi connectivity index (χ0n) is 9.27. The van der Waals surface area contributed by atoms with Crippen LogP contribution in [0, 0.1) is 5.41 Å². The molecule has 1 aliphatic heterocycles. The second kappa shape index (κ2) is 3.55. The van der Waals surface area contributed by atoms with Crippen LogP contribution < -0.4 is 10.2 Å². The number of hydrogen-bond acceptors (Lipinski definition) is 3. The summed E-state index contributed by atoms with van der Waals surface area (Å²) in [6.45, 7) is 0. The van der Waals surface area contributed by atoms with Crippen molar-refractivity contribution < 1.29 is 14.4 Å². The summed E-state index contributed by atoms with van der Waals surface area (Å²) < 4.78 is 0. The van der Waals surface area contributed by atoms with Crippen molar-refractivity contribution in [2.75, 3.05) is 4.90 Å². The lowest BCUT2D eigenvalue weighted by Gasteiger charge is -2.30. The Morgan fingerprint density at radius 1 is 1.22 bits per heavy atom. The van der Waals surface area contributed by atoms with Crippen LogP contribution in [0.1, 0.15) is 12.8 Å². The average Bonchev–Trinajstić information content (AvgIpc) is 3.08. The summed E-state index contributed by atoms with van der Waals surface area (Å²) in [5.74, 6) is -0.950. The van der Waals surface area contributed by atoms with E-state index >= 15 is 0 Å². The molecule has 92 valence electrons. The van der Waals surface area contributed by atoms with E-state index < -0.39 is 23.3 Å². The number of nitrogens with zero attached hydrogens (tertiary/aromatic N) is 1. The fraction of sp³-hybridized carbons (Fsp3) is 0.250. The summed E-state index contributed by atoms with van der Waals surface area (Å²) >= 11 is 5.84. The van der Waals surface area contributed by atoms with Gasteiger partial charge in [0.1, 0.15) is 5.41 Å². The molecule has 1 aliphatic carbocycles. The van der Waals surface area contributed by atoms with E-state index in [0.717, 1.165) is 4.90 Å². The molecular weight excluding hydrogens is 256 g/mol. The van der Waals surface area contributed by atoms with Gasteiger partial charge in [0.2, 0.25) is 5.91 Å². The highest BCUT2D eigenvalue weighted by molar-refractivity contribution is 6.33. The summed E-state index contributed by atoms with van der Waals surface area (Å²) in [7, 11) is 0. The normalized spacial score (nSPS) is 21.2. The molecule has 6 heteroatoms. The lowest BCUT2D eigenvalue weighted by atomic mass is 10.0. The van der Waals surface area contributed by atoms with Gasteiger partial charge < -0.3 is 0 Å². The van der Waals surface area contributed by atoms with E-state index in [2.05, 4.69) is 5.32 Å². The Morgan fingerprint density at radius 2 is 1.94 bits per heavy atom. The topological polar surface area (TPSA) is 66.5 Å². The number of imide groups is 2. The first-order valence-electron chi connectivity index (χ1n) is 5.50. The van der Waals surface area contributed by atoms with E-state index in [1.807, 2.05) is 0 Å². The lowest BCUT2D eigenvalue weighted by Crippen LogP contribution is -2.59. The number of anilines is 1. The van der Waals surface area contributed by atoms with Gasteiger partial charge in [0.05, 0.1) is 5.69 Å². The predicted molar refractivity (Wildman–Crippen MR) is 64.1 cm³/mol. The molecule has 1 saturated heterocycles. The number of rotatable bonds is 1. The van der Waals surface area contributed by atoms with Crippen LogP contribution >= 0.6 is 11.6 Å². The number of urea groups is 1. The van der Waals surface area contributed by atoms with Gasteiger partial charge in [-0.2, -0.15) is 0 Å².